The van der Waals surface area contributed by atoms with Gasteiger partial charge in [0.2, 0.25) is 0 Å². The van der Waals surface area contributed by atoms with E-state index < -0.39 is 5.60 Å². The van der Waals surface area contributed by atoms with E-state index in [4.69, 9.17) is 0 Å². The highest BCUT2D eigenvalue weighted by Crippen LogP contribution is 2.36. The van der Waals surface area contributed by atoms with Crippen molar-refractivity contribution in [3.63, 3.8) is 0 Å². The molecule has 2 heteroatoms. The van der Waals surface area contributed by atoms with Crippen molar-refractivity contribution < 1.29 is 5.11 Å². The summed E-state index contributed by atoms with van der Waals surface area (Å²) in [5.74, 6) is 0.269. The minimum atomic E-state index is -0.635. The van der Waals surface area contributed by atoms with E-state index in [0.29, 0.717) is 0 Å². The highest BCUT2D eigenvalue weighted by Gasteiger charge is 2.32. The molecule has 0 saturated carbocycles. The van der Waals surface area contributed by atoms with Crippen LogP contribution in [0.15, 0.2) is 11.4 Å². The number of thiophene rings is 1. The van der Waals surface area contributed by atoms with Crippen LogP contribution in [0.5, 0.6) is 0 Å². The summed E-state index contributed by atoms with van der Waals surface area (Å²) >= 11 is 1.70. The molecule has 1 atom stereocenters. The number of aryl methyl sites for hydroxylation is 1. The van der Waals surface area contributed by atoms with Crippen molar-refractivity contribution in [2.24, 2.45) is 5.92 Å². The molecule has 1 heterocycles. The maximum Gasteiger partial charge on any atom is 0.0927 e. The van der Waals surface area contributed by atoms with Gasteiger partial charge in [0.15, 0.2) is 0 Å². The van der Waals surface area contributed by atoms with Gasteiger partial charge in [-0.1, -0.05) is 20.8 Å². The Morgan fingerprint density at radius 1 is 1.54 bits per heavy atom. The van der Waals surface area contributed by atoms with Gasteiger partial charge >= 0.3 is 0 Å². The molecule has 1 unspecified atom stereocenters. The van der Waals surface area contributed by atoms with Crippen LogP contribution in [0.1, 0.15) is 37.6 Å². The second-order valence-corrected chi connectivity index (χ2v) is 4.94. The molecule has 1 aromatic heterocycles. The SMILES string of the molecule is CCC(O)(c1ccsc1C)C(C)C. The highest BCUT2D eigenvalue weighted by molar-refractivity contribution is 7.10. The number of hydrogen-bond acceptors (Lipinski definition) is 2. The molecule has 1 rings (SSSR count). The molecule has 0 saturated heterocycles. The van der Waals surface area contributed by atoms with Crippen LogP contribution in [0.4, 0.5) is 0 Å². The van der Waals surface area contributed by atoms with Crippen molar-refractivity contribution in [2.75, 3.05) is 0 Å². The largest absolute Gasteiger partial charge is 0.385 e. The van der Waals surface area contributed by atoms with Crippen LogP contribution >= 0.6 is 11.3 Å². The summed E-state index contributed by atoms with van der Waals surface area (Å²) in [5.41, 5.74) is 0.472. The summed E-state index contributed by atoms with van der Waals surface area (Å²) in [4.78, 5) is 1.23. The van der Waals surface area contributed by atoms with Gasteiger partial charge in [-0.2, -0.15) is 0 Å². The third-order valence-corrected chi connectivity index (χ3v) is 3.66. The van der Waals surface area contributed by atoms with Gasteiger partial charge in [0.25, 0.3) is 0 Å². The highest BCUT2D eigenvalue weighted by atomic mass is 32.1. The quantitative estimate of drug-likeness (QED) is 0.790. The molecular formula is C11H18OS. The fourth-order valence-electron chi connectivity index (χ4n) is 1.74. The lowest BCUT2D eigenvalue weighted by molar-refractivity contribution is -0.0141. The lowest BCUT2D eigenvalue weighted by Crippen LogP contribution is -2.31. The maximum absolute atomic E-state index is 10.4. The zero-order valence-corrected chi connectivity index (χ0v) is 9.61. The van der Waals surface area contributed by atoms with Gasteiger partial charge in [0, 0.05) is 4.88 Å². The van der Waals surface area contributed by atoms with E-state index in [9.17, 15) is 5.11 Å². The Kier molecular flexibility index (Phi) is 3.14. The monoisotopic (exact) mass is 198 g/mol. The first-order valence-electron chi connectivity index (χ1n) is 4.79. The predicted octanol–water partition coefficient (Wildman–Crippen LogP) is 3.31. The van der Waals surface area contributed by atoms with Crippen molar-refractivity contribution in [1.29, 1.82) is 0 Å². The van der Waals surface area contributed by atoms with Gasteiger partial charge in [0.05, 0.1) is 5.60 Å². The summed E-state index contributed by atoms with van der Waals surface area (Å²) in [7, 11) is 0. The lowest BCUT2D eigenvalue weighted by atomic mass is 9.81. The van der Waals surface area contributed by atoms with E-state index in [1.54, 1.807) is 11.3 Å². The molecule has 0 aromatic carbocycles. The van der Waals surface area contributed by atoms with Crippen LogP contribution in [0, 0.1) is 12.8 Å². The van der Waals surface area contributed by atoms with Gasteiger partial charge in [-0.15, -0.1) is 11.3 Å². The Morgan fingerprint density at radius 2 is 2.15 bits per heavy atom. The average molecular weight is 198 g/mol. The second-order valence-electron chi connectivity index (χ2n) is 3.82. The molecule has 0 radical (unpaired) electrons. The molecule has 0 fully saturated rings. The first kappa shape index (κ1) is 10.7. The summed E-state index contributed by atoms with van der Waals surface area (Å²) in [6, 6.07) is 2.05. The van der Waals surface area contributed by atoms with Gasteiger partial charge in [-0.25, -0.2) is 0 Å². The Labute approximate surface area is 84.4 Å². The normalized spacial score (nSPS) is 16.2. The molecule has 0 aliphatic carbocycles. The average Bonchev–Trinajstić information content (AvgIpc) is 2.50. The van der Waals surface area contributed by atoms with Gasteiger partial charge in [0.1, 0.15) is 0 Å². The Bertz CT molecular complexity index is 277. The number of aliphatic hydroxyl groups is 1. The maximum atomic E-state index is 10.4. The molecule has 0 aliphatic heterocycles. The lowest BCUT2D eigenvalue weighted by Gasteiger charge is -2.31. The third kappa shape index (κ3) is 1.79. The first-order chi connectivity index (χ1) is 6.02. The molecule has 13 heavy (non-hydrogen) atoms. The number of hydrogen-bond donors (Lipinski definition) is 1. The first-order valence-corrected chi connectivity index (χ1v) is 5.67. The van der Waals surface area contributed by atoms with E-state index in [1.165, 1.54) is 4.88 Å². The second kappa shape index (κ2) is 3.81. The summed E-state index contributed by atoms with van der Waals surface area (Å²) in [6.07, 6.45) is 0.780. The zero-order chi connectivity index (χ0) is 10.1. The molecule has 0 spiro atoms. The Balaban J connectivity index is 3.10. The molecule has 0 bridgehead atoms. The number of rotatable bonds is 3. The van der Waals surface area contributed by atoms with Crippen LogP contribution in [-0.4, -0.2) is 5.11 Å². The third-order valence-electron chi connectivity index (χ3n) is 2.82. The Morgan fingerprint density at radius 3 is 2.46 bits per heavy atom. The van der Waals surface area contributed by atoms with Gasteiger partial charge < -0.3 is 5.11 Å². The minimum Gasteiger partial charge on any atom is -0.385 e. The topological polar surface area (TPSA) is 20.2 Å². The molecule has 1 aromatic rings. The van der Waals surface area contributed by atoms with E-state index >= 15 is 0 Å². The fourth-order valence-corrected chi connectivity index (χ4v) is 2.52. The van der Waals surface area contributed by atoms with E-state index in [1.807, 2.05) is 18.4 Å². The smallest absolute Gasteiger partial charge is 0.0927 e. The van der Waals surface area contributed by atoms with Crippen molar-refractivity contribution in [1.82, 2.24) is 0 Å². The molecule has 0 aliphatic rings. The van der Waals surface area contributed by atoms with E-state index in [0.717, 1.165) is 12.0 Å². The molecule has 74 valence electrons. The van der Waals surface area contributed by atoms with Gasteiger partial charge in [-0.05, 0) is 36.3 Å². The zero-order valence-electron chi connectivity index (χ0n) is 8.79. The minimum absolute atomic E-state index is 0.269. The van der Waals surface area contributed by atoms with Crippen LogP contribution in [-0.2, 0) is 5.60 Å². The van der Waals surface area contributed by atoms with Crippen molar-refractivity contribution >= 4 is 11.3 Å². The molecule has 1 N–H and O–H groups in total. The summed E-state index contributed by atoms with van der Waals surface area (Å²) in [6.45, 7) is 8.25. The van der Waals surface area contributed by atoms with Crippen LogP contribution < -0.4 is 0 Å². The van der Waals surface area contributed by atoms with Crippen LogP contribution in [0.2, 0.25) is 0 Å². The summed E-state index contributed by atoms with van der Waals surface area (Å²) in [5, 5.41) is 12.5. The van der Waals surface area contributed by atoms with Crippen LogP contribution in [0.25, 0.3) is 0 Å². The van der Waals surface area contributed by atoms with E-state index in [2.05, 4.69) is 20.8 Å². The van der Waals surface area contributed by atoms with Gasteiger partial charge in [-0.3, -0.25) is 0 Å². The Hall–Kier alpha value is -0.340. The molecular weight excluding hydrogens is 180 g/mol. The van der Waals surface area contributed by atoms with Crippen LogP contribution in [0.3, 0.4) is 0 Å². The van der Waals surface area contributed by atoms with Crippen molar-refractivity contribution in [3.8, 4) is 0 Å². The summed E-state index contributed by atoms with van der Waals surface area (Å²) < 4.78 is 0. The predicted molar refractivity (Wildman–Crippen MR) is 58.1 cm³/mol. The van der Waals surface area contributed by atoms with Crippen molar-refractivity contribution in [2.45, 2.75) is 39.7 Å². The fraction of sp³-hybridized carbons (Fsp3) is 0.636. The molecule has 1 nitrogen and oxygen atoms in total. The van der Waals surface area contributed by atoms with Crippen molar-refractivity contribution in [3.05, 3.63) is 21.9 Å². The standard InChI is InChI=1S/C11H18OS/c1-5-11(12,8(2)3)10-6-7-13-9(10)4/h6-8,12H,5H2,1-4H3. The molecule has 0 amide bonds. The van der Waals surface area contributed by atoms with E-state index in [-0.39, 0.29) is 5.92 Å².